The molecule has 1 amide bonds. The third kappa shape index (κ3) is 5.65. The lowest BCUT2D eigenvalue weighted by atomic mass is 10.2. The van der Waals surface area contributed by atoms with Gasteiger partial charge in [0.05, 0.1) is 29.7 Å². The number of benzene rings is 2. The van der Waals surface area contributed by atoms with Crippen LogP contribution in [0.4, 0.5) is 4.79 Å². The number of amides is 1. The van der Waals surface area contributed by atoms with Crippen LogP contribution in [0.1, 0.15) is 39.1 Å². The number of fused-ring (bicyclic) bond motifs is 1. The molecule has 1 aliphatic heterocycles. The van der Waals surface area contributed by atoms with Crippen molar-refractivity contribution in [1.82, 2.24) is 19.4 Å². The monoisotopic (exact) mass is 478 g/mol. The Labute approximate surface area is 206 Å². The van der Waals surface area contributed by atoms with Gasteiger partial charge in [-0.1, -0.05) is 18.2 Å². The van der Waals surface area contributed by atoms with Gasteiger partial charge in [0.1, 0.15) is 17.2 Å². The molecule has 0 N–H and O–H groups in total. The van der Waals surface area contributed by atoms with Crippen LogP contribution in [0.25, 0.3) is 16.6 Å². The van der Waals surface area contributed by atoms with Gasteiger partial charge < -0.3 is 14.4 Å². The van der Waals surface area contributed by atoms with Crippen molar-refractivity contribution >= 4 is 17.0 Å². The molecule has 1 fully saturated rings. The second-order valence-corrected chi connectivity index (χ2v) is 9.83. The maximum atomic E-state index is 13.7. The molecule has 1 aliphatic rings. The zero-order valence-corrected chi connectivity index (χ0v) is 21.2. The molecule has 3 aromatic rings. The van der Waals surface area contributed by atoms with E-state index in [1.54, 1.807) is 15.5 Å². The Hall–Kier alpha value is -3.39. The SMILES string of the molecule is CCOc1cc(C)ccc1-n1c(CN2CCN(C(=O)OC(C)(C)C)CC2)nc2ccccc2c1=O. The largest absolute Gasteiger partial charge is 0.492 e. The molecule has 4 rings (SSSR count). The van der Waals surface area contributed by atoms with Crippen molar-refractivity contribution in [2.24, 2.45) is 0 Å². The van der Waals surface area contributed by atoms with E-state index in [-0.39, 0.29) is 11.7 Å². The Kier molecular flexibility index (Phi) is 7.12. The minimum atomic E-state index is -0.522. The number of hydrogen-bond donors (Lipinski definition) is 0. The first-order valence-electron chi connectivity index (χ1n) is 12.1. The Morgan fingerprint density at radius 3 is 2.46 bits per heavy atom. The topological polar surface area (TPSA) is 76.9 Å². The molecule has 8 heteroatoms. The Balaban J connectivity index is 1.66. The molecular weight excluding hydrogens is 444 g/mol. The second kappa shape index (κ2) is 10.1. The lowest BCUT2D eigenvalue weighted by Crippen LogP contribution is -2.50. The van der Waals surface area contributed by atoms with E-state index < -0.39 is 5.60 Å². The number of aromatic nitrogens is 2. The van der Waals surface area contributed by atoms with Crippen LogP contribution < -0.4 is 10.3 Å². The predicted molar refractivity (Wildman–Crippen MR) is 136 cm³/mol. The van der Waals surface area contributed by atoms with Gasteiger partial charge in [0.15, 0.2) is 0 Å². The lowest BCUT2D eigenvalue weighted by Gasteiger charge is -2.35. The van der Waals surface area contributed by atoms with Crippen LogP contribution in [0.5, 0.6) is 5.75 Å². The fourth-order valence-corrected chi connectivity index (χ4v) is 4.23. The summed E-state index contributed by atoms with van der Waals surface area (Å²) in [5.74, 6) is 1.30. The first-order chi connectivity index (χ1) is 16.7. The zero-order chi connectivity index (χ0) is 25.2. The average molecular weight is 479 g/mol. The van der Waals surface area contributed by atoms with Crippen LogP contribution in [0.15, 0.2) is 47.3 Å². The van der Waals surface area contributed by atoms with Crippen LogP contribution in [-0.2, 0) is 11.3 Å². The molecule has 2 aromatic carbocycles. The second-order valence-electron chi connectivity index (χ2n) is 9.83. The number of para-hydroxylation sites is 1. The number of carbonyl (C=O) groups excluding carboxylic acids is 1. The Morgan fingerprint density at radius 1 is 1.06 bits per heavy atom. The summed E-state index contributed by atoms with van der Waals surface area (Å²) in [4.78, 5) is 35.0. The molecule has 186 valence electrons. The maximum Gasteiger partial charge on any atom is 0.410 e. The van der Waals surface area contributed by atoms with E-state index >= 15 is 0 Å². The highest BCUT2D eigenvalue weighted by atomic mass is 16.6. The van der Waals surface area contributed by atoms with Crippen molar-refractivity contribution in [3.05, 3.63) is 64.2 Å². The van der Waals surface area contributed by atoms with E-state index in [0.717, 1.165) is 5.56 Å². The van der Waals surface area contributed by atoms with Crippen LogP contribution in [0.3, 0.4) is 0 Å². The number of hydrogen-bond acceptors (Lipinski definition) is 6. The molecular formula is C27H34N4O4. The summed E-state index contributed by atoms with van der Waals surface area (Å²) in [6.07, 6.45) is -0.293. The van der Waals surface area contributed by atoms with E-state index in [2.05, 4.69) is 4.90 Å². The highest BCUT2D eigenvalue weighted by Crippen LogP contribution is 2.26. The van der Waals surface area contributed by atoms with Crippen LogP contribution in [0.2, 0.25) is 0 Å². The highest BCUT2D eigenvalue weighted by molar-refractivity contribution is 5.78. The van der Waals surface area contributed by atoms with E-state index in [4.69, 9.17) is 14.5 Å². The van der Waals surface area contributed by atoms with E-state index in [1.807, 2.05) is 71.0 Å². The van der Waals surface area contributed by atoms with E-state index in [1.165, 1.54) is 0 Å². The quantitative estimate of drug-likeness (QED) is 0.548. The summed E-state index contributed by atoms with van der Waals surface area (Å²) >= 11 is 0. The summed E-state index contributed by atoms with van der Waals surface area (Å²) in [5, 5.41) is 0.564. The maximum absolute atomic E-state index is 13.7. The van der Waals surface area contributed by atoms with Gasteiger partial charge in [0.2, 0.25) is 0 Å². The Bertz CT molecular complexity index is 1270. The van der Waals surface area contributed by atoms with Crippen molar-refractivity contribution < 1.29 is 14.3 Å². The van der Waals surface area contributed by atoms with Crippen molar-refractivity contribution in [3.63, 3.8) is 0 Å². The molecule has 8 nitrogen and oxygen atoms in total. The number of piperazine rings is 1. The third-order valence-corrected chi connectivity index (χ3v) is 5.89. The van der Waals surface area contributed by atoms with Crippen LogP contribution in [0, 0.1) is 6.92 Å². The average Bonchev–Trinajstić information content (AvgIpc) is 2.80. The third-order valence-electron chi connectivity index (χ3n) is 5.89. The van der Waals surface area contributed by atoms with Gasteiger partial charge >= 0.3 is 6.09 Å². The van der Waals surface area contributed by atoms with Gasteiger partial charge in [-0.05, 0) is 64.4 Å². The van der Waals surface area contributed by atoms with Gasteiger partial charge in [0.25, 0.3) is 5.56 Å². The standard InChI is InChI=1S/C27H34N4O4/c1-6-34-23-17-19(2)11-12-22(23)31-24(28-21-10-8-7-9-20(21)25(31)32)18-29-13-15-30(16-14-29)26(33)35-27(3,4)5/h7-12,17H,6,13-16,18H2,1-5H3. The normalized spacial score (nSPS) is 14.8. The minimum Gasteiger partial charge on any atom is -0.492 e. The fraction of sp³-hybridized carbons (Fsp3) is 0.444. The summed E-state index contributed by atoms with van der Waals surface area (Å²) in [6.45, 7) is 12.9. The minimum absolute atomic E-state index is 0.122. The molecule has 1 aromatic heterocycles. The molecule has 0 atom stereocenters. The van der Waals surface area contributed by atoms with E-state index in [0.29, 0.717) is 67.5 Å². The summed E-state index contributed by atoms with van der Waals surface area (Å²) < 4.78 is 13.1. The molecule has 1 saturated heterocycles. The number of aryl methyl sites for hydroxylation is 1. The molecule has 0 radical (unpaired) electrons. The lowest BCUT2D eigenvalue weighted by molar-refractivity contribution is 0.0136. The Morgan fingerprint density at radius 2 is 1.77 bits per heavy atom. The molecule has 35 heavy (non-hydrogen) atoms. The zero-order valence-electron chi connectivity index (χ0n) is 21.2. The number of carbonyl (C=O) groups is 1. The van der Waals surface area contributed by atoms with Crippen LogP contribution in [-0.4, -0.2) is 63.8 Å². The number of rotatable bonds is 5. The van der Waals surface area contributed by atoms with Gasteiger partial charge in [-0.15, -0.1) is 0 Å². The van der Waals surface area contributed by atoms with Crippen molar-refractivity contribution in [1.29, 1.82) is 0 Å². The van der Waals surface area contributed by atoms with Crippen LogP contribution >= 0.6 is 0 Å². The van der Waals surface area contributed by atoms with Gasteiger partial charge in [0, 0.05) is 26.2 Å². The molecule has 0 bridgehead atoms. The first kappa shape index (κ1) is 24.7. The number of nitrogens with zero attached hydrogens (tertiary/aromatic N) is 4. The molecule has 0 unspecified atom stereocenters. The summed E-state index contributed by atoms with van der Waals surface area (Å²) in [5.41, 5.74) is 1.76. The van der Waals surface area contributed by atoms with Gasteiger partial charge in [-0.25, -0.2) is 9.78 Å². The van der Waals surface area contributed by atoms with Crippen molar-refractivity contribution in [2.45, 2.75) is 46.8 Å². The smallest absolute Gasteiger partial charge is 0.410 e. The molecule has 0 aliphatic carbocycles. The van der Waals surface area contributed by atoms with Gasteiger partial charge in [-0.3, -0.25) is 14.3 Å². The molecule has 0 saturated carbocycles. The summed E-state index contributed by atoms with van der Waals surface area (Å²) in [6, 6.07) is 13.3. The molecule has 0 spiro atoms. The van der Waals surface area contributed by atoms with Crippen molar-refractivity contribution in [3.8, 4) is 11.4 Å². The highest BCUT2D eigenvalue weighted by Gasteiger charge is 2.27. The summed E-state index contributed by atoms with van der Waals surface area (Å²) in [7, 11) is 0. The van der Waals surface area contributed by atoms with Crippen molar-refractivity contribution in [2.75, 3.05) is 32.8 Å². The van der Waals surface area contributed by atoms with E-state index in [9.17, 15) is 9.59 Å². The van der Waals surface area contributed by atoms with Gasteiger partial charge in [-0.2, -0.15) is 0 Å². The molecule has 2 heterocycles. The first-order valence-corrected chi connectivity index (χ1v) is 12.1. The fourth-order valence-electron chi connectivity index (χ4n) is 4.23. The number of ether oxygens (including phenoxy) is 2. The predicted octanol–water partition coefficient (Wildman–Crippen LogP) is 4.15.